The van der Waals surface area contributed by atoms with Gasteiger partial charge in [0, 0.05) is 12.7 Å². The molecule has 0 saturated heterocycles. The molecule has 0 aliphatic carbocycles. The predicted octanol–water partition coefficient (Wildman–Crippen LogP) is 2.67. The van der Waals surface area contributed by atoms with Crippen LogP contribution in [0.15, 0.2) is 24.3 Å². The van der Waals surface area contributed by atoms with E-state index in [1.54, 1.807) is 30.8 Å². The summed E-state index contributed by atoms with van der Waals surface area (Å²) < 4.78 is 14.9. The highest BCUT2D eigenvalue weighted by atomic mass is 19.1. The molecule has 0 aliphatic heterocycles. The lowest BCUT2D eigenvalue weighted by atomic mass is 10.1. The Morgan fingerprint density at radius 1 is 1.40 bits per heavy atom. The van der Waals surface area contributed by atoms with Gasteiger partial charge in [0.1, 0.15) is 5.82 Å². The molecule has 1 unspecified atom stereocenters. The van der Waals surface area contributed by atoms with E-state index in [0.29, 0.717) is 11.3 Å². The molecule has 1 atom stereocenters. The fourth-order valence-electron chi connectivity index (χ4n) is 2.23. The van der Waals surface area contributed by atoms with Gasteiger partial charge in [-0.2, -0.15) is 5.10 Å². The van der Waals surface area contributed by atoms with Gasteiger partial charge in [0.05, 0.1) is 17.3 Å². The van der Waals surface area contributed by atoms with E-state index in [1.807, 2.05) is 13.8 Å². The summed E-state index contributed by atoms with van der Waals surface area (Å²) in [6.45, 7) is 5.48. The molecule has 4 nitrogen and oxygen atoms in total. The van der Waals surface area contributed by atoms with Crippen molar-refractivity contribution in [2.24, 2.45) is 7.05 Å². The van der Waals surface area contributed by atoms with Crippen molar-refractivity contribution in [1.82, 2.24) is 15.1 Å². The summed E-state index contributed by atoms with van der Waals surface area (Å²) in [5, 5.41) is 7.10. The number of halogens is 1. The fourth-order valence-corrected chi connectivity index (χ4v) is 2.23. The third-order valence-electron chi connectivity index (χ3n) is 3.43. The first kappa shape index (κ1) is 14.2. The number of aromatic nitrogens is 2. The van der Waals surface area contributed by atoms with Crippen LogP contribution in [0.3, 0.4) is 0 Å². The minimum absolute atomic E-state index is 0.190. The molecule has 0 aliphatic rings. The lowest BCUT2D eigenvalue weighted by Crippen LogP contribution is -2.27. The van der Waals surface area contributed by atoms with Crippen molar-refractivity contribution in [3.05, 3.63) is 52.6 Å². The molecule has 20 heavy (non-hydrogen) atoms. The maximum absolute atomic E-state index is 13.2. The fraction of sp³-hybridized carbons (Fsp3) is 0.333. The van der Waals surface area contributed by atoms with E-state index in [0.717, 1.165) is 11.3 Å². The van der Waals surface area contributed by atoms with Crippen LogP contribution in [-0.4, -0.2) is 15.7 Å². The number of amides is 1. The monoisotopic (exact) mass is 275 g/mol. The Hall–Kier alpha value is -2.17. The number of benzene rings is 1. The van der Waals surface area contributed by atoms with Crippen LogP contribution in [0.25, 0.3) is 0 Å². The standard InChI is InChI=1S/C15H18FN3O/c1-9(12-6-5-7-13(16)8-12)17-15(20)14-10(2)18-19(4)11(14)3/h5-9H,1-4H3,(H,17,20). The maximum Gasteiger partial charge on any atom is 0.255 e. The maximum atomic E-state index is 13.2. The van der Waals surface area contributed by atoms with E-state index < -0.39 is 0 Å². The third-order valence-corrected chi connectivity index (χ3v) is 3.43. The average molecular weight is 275 g/mol. The van der Waals surface area contributed by atoms with Gasteiger partial charge < -0.3 is 5.32 Å². The normalized spacial score (nSPS) is 12.2. The molecular formula is C15H18FN3O. The molecule has 1 amide bonds. The molecule has 106 valence electrons. The van der Waals surface area contributed by atoms with E-state index in [1.165, 1.54) is 12.1 Å². The Kier molecular flexibility index (Phi) is 3.88. The van der Waals surface area contributed by atoms with E-state index in [-0.39, 0.29) is 17.8 Å². The first-order valence-corrected chi connectivity index (χ1v) is 6.46. The number of carbonyl (C=O) groups is 1. The van der Waals surface area contributed by atoms with Gasteiger partial charge in [-0.3, -0.25) is 9.48 Å². The zero-order valence-electron chi connectivity index (χ0n) is 12.1. The first-order chi connectivity index (χ1) is 9.40. The highest BCUT2D eigenvalue weighted by Crippen LogP contribution is 2.17. The summed E-state index contributed by atoms with van der Waals surface area (Å²) >= 11 is 0. The minimum Gasteiger partial charge on any atom is -0.345 e. The van der Waals surface area contributed by atoms with Crippen LogP contribution in [0.4, 0.5) is 4.39 Å². The molecule has 1 N–H and O–H groups in total. The highest BCUT2D eigenvalue weighted by molar-refractivity contribution is 5.96. The van der Waals surface area contributed by atoms with E-state index in [2.05, 4.69) is 10.4 Å². The van der Waals surface area contributed by atoms with Crippen molar-refractivity contribution >= 4 is 5.91 Å². The van der Waals surface area contributed by atoms with Gasteiger partial charge in [-0.1, -0.05) is 12.1 Å². The van der Waals surface area contributed by atoms with Crippen molar-refractivity contribution in [2.75, 3.05) is 0 Å². The number of nitrogens with zero attached hydrogens (tertiary/aromatic N) is 2. The quantitative estimate of drug-likeness (QED) is 0.936. The van der Waals surface area contributed by atoms with Gasteiger partial charge in [0.2, 0.25) is 0 Å². The largest absolute Gasteiger partial charge is 0.345 e. The average Bonchev–Trinajstić information content (AvgIpc) is 2.63. The van der Waals surface area contributed by atoms with Crippen LogP contribution in [0.5, 0.6) is 0 Å². The van der Waals surface area contributed by atoms with Crippen LogP contribution in [0.1, 0.15) is 40.3 Å². The number of aryl methyl sites for hydroxylation is 2. The highest BCUT2D eigenvalue weighted by Gasteiger charge is 2.19. The molecule has 2 aromatic rings. The van der Waals surface area contributed by atoms with Crippen LogP contribution in [0.2, 0.25) is 0 Å². The van der Waals surface area contributed by atoms with Crippen molar-refractivity contribution in [3.8, 4) is 0 Å². The lowest BCUT2D eigenvalue weighted by Gasteiger charge is -2.14. The molecular weight excluding hydrogens is 257 g/mol. The van der Waals surface area contributed by atoms with Gasteiger partial charge >= 0.3 is 0 Å². The Labute approximate surface area is 117 Å². The second kappa shape index (κ2) is 5.45. The van der Waals surface area contributed by atoms with Crippen molar-refractivity contribution in [2.45, 2.75) is 26.8 Å². The Morgan fingerprint density at radius 2 is 2.10 bits per heavy atom. The molecule has 0 spiro atoms. The van der Waals surface area contributed by atoms with Gasteiger partial charge in [0.15, 0.2) is 0 Å². The first-order valence-electron chi connectivity index (χ1n) is 6.46. The molecule has 1 aromatic heterocycles. The summed E-state index contributed by atoms with van der Waals surface area (Å²) in [4.78, 5) is 12.3. The van der Waals surface area contributed by atoms with Crippen LogP contribution >= 0.6 is 0 Å². The lowest BCUT2D eigenvalue weighted by molar-refractivity contribution is 0.0938. The molecule has 2 rings (SSSR count). The van der Waals surface area contributed by atoms with Crippen LogP contribution in [0, 0.1) is 19.7 Å². The van der Waals surface area contributed by atoms with Gasteiger partial charge in [-0.25, -0.2) is 4.39 Å². The SMILES string of the molecule is Cc1nn(C)c(C)c1C(=O)NC(C)c1cccc(F)c1. The van der Waals surface area contributed by atoms with Crippen molar-refractivity contribution in [1.29, 1.82) is 0 Å². The molecule has 0 fully saturated rings. The molecule has 0 bridgehead atoms. The van der Waals surface area contributed by atoms with Crippen LogP contribution in [-0.2, 0) is 7.05 Å². The minimum atomic E-state index is -0.308. The Balaban J connectivity index is 2.19. The number of hydrogen-bond donors (Lipinski definition) is 1. The summed E-state index contributed by atoms with van der Waals surface area (Å²) in [6.07, 6.45) is 0. The van der Waals surface area contributed by atoms with E-state index >= 15 is 0 Å². The second-order valence-electron chi connectivity index (χ2n) is 4.92. The Bertz CT molecular complexity index is 649. The molecule has 1 aromatic carbocycles. The molecule has 0 radical (unpaired) electrons. The zero-order valence-corrected chi connectivity index (χ0v) is 12.1. The van der Waals surface area contributed by atoms with Crippen LogP contribution < -0.4 is 5.32 Å². The van der Waals surface area contributed by atoms with E-state index in [4.69, 9.17) is 0 Å². The van der Waals surface area contributed by atoms with E-state index in [9.17, 15) is 9.18 Å². The summed E-state index contributed by atoms with van der Waals surface area (Å²) in [5.41, 5.74) is 2.81. The Morgan fingerprint density at radius 3 is 2.65 bits per heavy atom. The third kappa shape index (κ3) is 2.71. The van der Waals surface area contributed by atoms with Crippen molar-refractivity contribution < 1.29 is 9.18 Å². The second-order valence-corrected chi connectivity index (χ2v) is 4.92. The molecule has 5 heteroatoms. The number of rotatable bonds is 3. The smallest absolute Gasteiger partial charge is 0.255 e. The molecule has 0 saturated carbocycles. The topological polar surface area (TPSA) is 46.9 Å². The van der Waals surface area contributed by atoms with Gasteiger partial charge in [0.25, 0.3) is 5.91 Å². The number of carbonyl (C=O) groups excluding carboxylic acids is 1. The predicted molar refractivity (Wildman–Crippen MR) is 75.0 cm³/mol. The summed E-state index contributed by atoms with van der Waals surface area (Å²) in [7, 11) is 1.80. The summed E-state index contributed by atoms with van der Waals surface area (Å²) in [5.74, 6) is -0.498. The van der Waals surface area contributed by atoms with Gasteiger partial charge in [-0.15, -0.1) is 0 Å². The van der Waals surface area contributed by atoms with Crippen molar-refractivity contribution in [3.63, 3.8) is 0 Å². The zero-order chi connectivity index (χ0) is 14.9. The molecule has 1 heterocycles. The van der Waals surface area contributed by atoms with Gasteiger partial charge in [-0.05, 0) is 38.5 Å². The summed E-state index contributed by atoms with van der Waals surface area (Å²) in [6, 6.07) is 5.96. The number of hydrogen-bond acceptors (Lipinski definition) is 2. The number of nitrogens with one attached hydrogen (secondary N) is 1.